The monoisotopic (exact) mass is 647 g/mol. The van der Waals surface area contributed by atoms with Crippen molar-refractivity contribution >= 4 is 47.1 Å². The number of fused-ring (bicyclic) bond motifs is 2. The molecular weight excluding hydrogens is 606 g/mol. The Morgan fingerprint density at radius 1 is 0.978 bits per heavy atom. The SMILES string of the molecule is CC(C)(C)[Si](OC[C@@H]1[C@@H](O)[C@H](n2ncc3c(N4C[C@H]5CCC[C@H]5C4)nc(Cl)nc32)O[C@@H]1CO)(c1ccccc1)c1ccccc1. The van der Waals surface area contributed by atoms with Crippen molar-refractivity contribution in [1.82, 2.24) is 19.7 Å². The third kappa shape index (κ3) is 5.29. The molecule has 1 aliphatic carbocycles. The summed E-state index contributed by atoms with van der Waals surface area (Å²) in [6.07, 6.45) is 3.01. The first-order valence-corrected chi connectivity index (χ1v) is 18.3. The van der Waals surface area contributed by atoms with Crippen molar-refractivity contribution in [3.8, 4) is 0 Å². The minimum absolute atomic E-state index is 0.133. The molecule has 2 aromatic heterocycles. The highest BCUT2D eigenvalue weighted by Crippen LogP contribution is 2.43. The average molecular weight is 648 g/mol. The zero-order valence-electron chi connectivity index (χ0n) is 26.1. The van der Waals surface area contributed by atoms with Gasteiger partial charge in [-0.15, -0.1) is 0 Å². The largest absolute Gasteiger partial charge is 0.407 e. The van der Waals surface area contributed by atoms with Gasteiger partial charge in [-0.25, -0.2) is 4.68 Å². The van der Waals surface area contributed by atoms with Gasteiger partial charge in [0.15, 0.2) is 11.9 Å². The van der Waals surface area contributed by atoms with Crippen LogP contribution in [0.1, 0.15) is 46.3 Å². The van der Waals surface area contributed by atoms with E-state index < -0.39 is 32.7 Å². The number of halogens is 1. The van der Waals surface area contributed by atoms with Gasteiger partial charge in [0.1, 0.15) is 11.9 Å². The summed E-state index contributed by atoms with van der Waals surface area (Å²) in [7, 11) is -2.87. The van der Waals surface area contributed by atoms with Crippen molar-refractivity contribution in [2.75, 3.05) is 31.2 Å². The zero-order valence-corrected chi connectivity index (χ0v) is 27.8. The molecule has 0 bridgehead atoms. The van der Waals surface area contributed by atoms with E-state index in [2.05, 4.69) is 65.0 Å². The Morgan fingerprint density at radius 2 is 1.60 bits per heavy atom. The standard InChI is InChI=1S/C34H42ClN5O4Si/c1-34(2,3)45(24-13-6-4-7-14-24,25-15-8-5-9-16-25)43-21-27-28(20-41)44-32(29(27)42)40-31-26(17-36-40)30(37-33(35)38-31)39-18-22-11-10-12-23(22)19-39/h4-9,13-17,22-23,27-29,32,41-42H,10-12,18-21H2,1-3H3/t22-,23+,27-,28+,29+,32+/m0/s1. The van der Waals surface area contributed by atoms with Gasteiger partial charge < -0.3 is 24.3 Å². The van der Waals surface area contributed by atoms with Crippen molar-refractivity contribution < 1.29 is 19.4 Å². The Balaban J connectivity index is 1.20. The summed E-state index contributed by atoms with van der Waals surface area (Å²) in [5.41, 5.74) is 0.511. The fourth-order valence-corrected chi connectivity index (χ4v) is 12.8. The molecule has 11 heteroatoms. The Kier molecular flexibility index (Phi) is 8.25. The summed E-state index contributed by atoms with van der Waals surface area (Å²) < 4.78 is 15.1. The molecule has 3 fully saturated rings. The van der Waals surface area contributed by atoms with E-state index in [0.717, 1.165) is 34.7 Å². The number of ether oxygens (including phenoxy) is 1. The van der Waals surface area contributed by atoms with Crippen LogP contribution in [0.4, 0.5) is 5.82 Å². The van der Waals surface area contributed by atoms with Gasteiger partial charge in [-0.2, -0.15) is 15.1 Å². The van der Waals surface area contributed by atoms with Crippen LogP contribution in [0, 0.1) is 17.8 Å². The van der Waals surface area contributed by atoms with Crippen molar-refractivity contribution in [3.05, 3.63) is 72.1 Å². The second-order valence-corrected chi connectivity index (χ2v) is 18.5. The Labute approximate surface area is 270 Å². The molecule has 2 N–H and O–H groups in total. The van der Waals surface area contributed by atoms with Gasteiger partial charge in [0.2, 0.25) is 5.28 Å². The number of aliphatic hydroxyl groups is 2. The Hall–Kier alpha value is -2.86. The number of benzene rings is 2. The van der Waals surface area contributed by atoms with Gasteiger partial charge in [0.05, 0.1) is 24.3 Å². The maximum absolute atomic E-state index is 11.8. The third-order valence-corrected chi connectivity index (χ3v) is 15.5. The Bertz CT molecular complexity index is 1580. The predicted molar refractivity (Wildman–Crippen MR) is 177 cm³/mol. The van der Waals surface area contributed by atoms with E-state index >= 15 is 0 Å². The van der Waals surface area contributed by atoms with E-state index in [9.17, 15) is 10.2 Å². The average Bonchev–Trinajstić information content (AvgIpc) is 3.81. The van der Waals surface area contributed by atoms with Crippen LogP contribution in [0.25, 0.3) is 11.0 Å². The zero-order chi connectivity index (χ0) is 31.3. The summed E-state index contributed by atoms with van der Waals surface area (Å²) in [5.74, 6) is 1.65. The van der Waals surface area contributed by atoms with E-state index in [1.165, 1.54) is 19.3 Å². The molecule has 0 radical (unpaired) electrons. The van der Waals surface area contributed by atoms with E-state index in [4.69, 9.17) is 20.8 Å². The van der Waals surface area contributed by atoms with Crippen LogP contribution in [0.3, 0.4) is 0 Å². The summed E-state index contributed by atoms with van der Waals surface area (Å²) in [4.78, 5) is 11.5. The van der Waals surface area contributed by atoms with E-state index in [1.54, 1.807) is 10.9 Å². The number of aliphatic hydroxyl groups excluding tert-OH is 2. The number of hydrogen-bond donors (Lipinski definition) is 2. The number of aromatic nitrogens is 4. The van der Waals surface area contributed by atoms with Crippen LogP contribution in [0.5, 0.6) is 0 Å². The molecule has 2 aliphatic heterocycles. The summed E-state index contributed by atoms with van der Waals surface area (Å²) in [6.45, 7) is 8.50. The van der Waals surface area contributed by atoms with Gasteiger partial charge in [0, 0.05) is 25.6 Å². The summed E-state index contributed by atoms with van der Waals surface area (Å²) in [6, 6.07) is 20.8. The minimum Gasteiger partial charge on any atom is -0.407 e. The van der Waals surface area contributed by atoms with Crippen LogP contribution in [-0.4, -0.2) is 76.8 Å². The lowest BCUT2D eigenvalue weighted by atomic mass is 10.00. The molecule has 45 heavy (non-hydrogen) atoms. The van der Waals surface area contributed by atoms with Gasteiger partial charge in [-0.1, -0.05) is 87.9 Å². The molecule has 9 nitrogen and oxygen atoms in total. The molecule has 4 heterocycles. The summed E-state index contributed by atoms with van der Waals surface area (Å²) >= 11 is 6.49. The maximum atomic E-state index is 11.8. The van der Waals surface area contributed by atoms with Crippen LogP contribution in [0.15, 0.2) is 66.9 Å². The first kappa shape index (κ1) is 30.8. The maximum Gasteiger partial charge on any atom is 0.261 e. The quantitative estimate of drug-likeness (QED) is 0.217. The molecule has 2 saturated heterocycles. The lowest BCUT2D eigenvalue weighted by Crippen LogP contribution is -2.67. The smallest absolute Gasteiger partial charge is 0.261 e. The lowest BCUT2D eigenvalue weighted by Gasteiger charge is -2.43. The number of hydrogen-bond acceptors (Lipinski definition) is 8. The lowest BCUT2D eigenvalue weighted by molar-refractivity contribution is -0.0555. The molecule has 0 unspecified atom stereocenters. The van der Waals surface area contributed by atoms with Crippen molar-refractivity contribution in [2.45, 2.75) is 63.5 Å². The van der Waals surface area contributed by atoms with Crippen molar-refractivity contribution in [2.24, 2.45) is 17.8 Å². The van der Waals surface area contributed by atoms with Crippen LogP contribution >= 0.6 is 11.6 Å². The number of anilines is 1. The van der Waals surface area contributed by atoms with Gasteiger partial charge in [-0.3, -0.25) is 0 Å². The molecule has 6 atom stereocenters. The Morgan fingerprint density at radius 3 is 2.18 bits per heavy atom. The molecule has 2 aromatic carbocycles. The van der Waals surface area contributed by atoms with Crippen LogP contribution in [0.2, 0.25) is 10.3 Å². The molecule has 3 aliphatic rings. The van der Waals surface area contributed by atoms with E-state index in [1.807, 2.05) is 36.4 Å². The van der Waals surface area contributed by atoms with Crippen molar-refractivity contribution in [1.29, 1.82) is 0 Å². The number of rotatable bonds is 8. The normalized spacial score (nSPS) is 27.0. The highest BCUT2D eigenvalue weighted by Gasteiger charge is 2.53. The van der Waals surface area contributed by atoms with Gasteiger partial charge >= 0.3 is 0 Å². The second-order valence-electron chi connectivity index (χ2n) is 13.9. The van der Waals surface area contributed by atoms with Crippen molar-refractivity contribution in [3.63, 3.8) is 0 Å². The molecule has 238 valence electrons. The molecule has 7 rings (SSSR count). The molecular formula is C34H42ClN5O4Si. The predicted octanol–water partition coefficient (Wildman–Crippen LogP) is 4.16. The number of nitrogens with zero attached hydrogens (tertiary/aromatic N) is 5. The molecule has 4 aromatic rings. The summed E-state index contributed by atoms with van der Waals surface area (Å²) in [5, 5.41) is 29.9. The van der Waals surface area contributed by atoms with Crippen LogP contribution in [-0.2, 0) is 9.16 Å². The fourth-order valence-electron chi connectivity index (χ4n) is 8.08. The second kappa shape index (κ2) is 12.1. The first-order chi connectivity index (χ1) is 21.7. The van der Waals surface area contributed by atoms with Crippen LogP contribution < -0.4 is 15.3 Å². The van der Waals surface area contributed by atoms with Gasteiger partial charge in [-0.05, 0) is 51.7 Å². The van der Waals surface area contributed by atoms with Gasteiger partial charge in [0.25, 0.3) is 8.32 Å². The topological polar surface area (TPSA) is 106 Å². The highest BCUT2D eigenvalue weighted by molar-refractivity contribution is 6.99. The van der Waals surface area contributed by atoms with E-state index in [-0.39, 0.29) is 23.5 Å². The first-order valence-electron chi connectivity index (χ1n) is 16.1. The van der Waals surface area contributed by atoms with E-state index in [0.29, 0.717) is 17.5 Å². The molecule has 0 amide bonds. The highest BCUT2D eigenvalue weighted by atomic mass is 35.5. The fraction of sp³-hybridized carbons (Fsp3) is 0.500. The molecule has 1 saturated carbocycles. The third-order valence-electron chi connectivity index (χ3n) is 10.3. The molecule has 0 spiro atoms. The minimum atomic E-state index is -2.87.